The number of rotatable bonds is 10. The number of aliphatic hydroxyl groups excluding tert-OH is 6. The van der Waals surface area contributed by atoms with Crippen molar-refractivity contribution in [1.82, 2.24) is 9.55 Å². The molecule has 9 N–H and O–H groups in total. The number of H-pyrrole nitrogens is 1. The number of nitrogens with one attached hydrogen (secondary N) is 1. The minimum atomic E-state index is -5.78. The average molecular weight is 607 g/mol. The molecule has 0 aliphatic carbocycles. The molecule has 0 saturated carbocycles. The van der Waals surface area contributed by atoms with E-state index >= 15 is 0 Å². The molecule has 220 valence electrons. The Bertz CT molecular complexity index is 1300. The summed E-state index contributed by atoms with van der Waals surface area (Å²) < 4.78 is 48.3. The zero-order chi connectivity index (χ0) is 29.3. The fourth-order valence-corrected chi connectivity index (χ4v) is 5.71. The summed E-state index contributed by atoms with van der Waals surface area (Å²) in [7, 11) is -11.4. The Morgan fingerprint density at radius 1 is 1.10 bits per heavy atom. The van der Waals surface area contributed by atoms with E-state index in [1.807, 2.05) is 4.98 Å². The number of phosphoric ester groups is 2. The van der Waals surface area contributed by atoms with Gasteiger partial charge in [-0.2, -0.15) is 4.31 Å². The first kappa shape index (κ1) is 31.5. The van der Waals surface area contributed by atoms with Crippen molar-refractivity contribution in [3.05, 3.63) is 43.5 Å². The highest BCUT2D eigenvalue weighted by molar-refractivity contribution is 7.61. The van der Waals surface area contributed by atoms with Crippen LogP contribution in [0, 0.1) is 0 Å². The van der Waals surface area contributed by atoms with Gasteiger partial charge in [-0.1, -0.05) is 5.11 Å². The maximum atomic E-state index is 12.3. The first-order valence-electron chi connectivity index (χ1n) is 10.5. The summed E-state index contributed by atoms with van der Waals surface area (Å²) in [5.41, 5.74) is 4.13. The number of hydrogen-bond acceptors (Lipinski definition) is 16. The molecule has 24 heteroatoms. The number of aromatic nitrogens is 2. The van der Waals surface area contributed by atoms with Crippen LogP contribution in [0.1, 0.15) is 6.23 Å². The molecule has 0 radical (unpaired) electrons. The average Bonchev–Trinajstić information content (AvgIpc) is 3.12. The second-order valence-corrected chi connectivity index (χ2v) is 11.1. The quantitative estimate of drug-likeness (QED) is 0.0527. The van der Waals surface area contributed by atoms with E-state index in [0.717, 1.165) is 12.3 Å². The van der Waals surface area contributed by atoms with Gasteiger partial charge in [-0.15, -0.1) is 0 Å². The van der Waals surface area contributed by atoms with Gasteiger partial charge in [0.1, 0.15) is 36.6 Å². The molecule has 11 atom stereocenters. The fraction of sp³-hybridized carbons (Fsp3) is 0.733. The van der Waals surface area contributed by atoms with Crippen molar-refractivity contribution >= 4 is 15.6 Å². The summed E-state index contributed by atoms with van der Waals surface area (Å²) in [5.74, 6) is 0. The van der Waals surface area contributed by atoms with Gasteiger partial charge in [0.05, 0.1) is 13.2 Å². The summed E-state index contributed by atoms with van der Waals surface area (Å²) >= 11 is 0. The minimum absolute atomic E-state index is 0.698. The third-order valence-electron chi connectivity index (χ3n) is 5.48. The number of aliphatic hydroxyl groups is 6. The standard InChI is InChI=1S/C15H23N5O17P2/c16-19-18-15(4-21)11(27)8(24)10(26)13(35-15)36-39(31,32)37-38(29,30)33-3-5-7(23)9(25)12(34-5)20-2-1-6(22)17-14(20)28/h1-2,5,7-13,21,23-27H,3-4H2,(H,29,30)(H,31,32)(H,17,22,28)/t5-,7-,8-,9-,10-,11-,12-,13+,15-/m1/s1. The molecule has 39 heavy (non-hydrogen) atoms. The van der Waals surface area contributed by atoms with Gasteiger partial charge in [0.25, 0.3) is 5.56 Å². The molecule has 3 heterocycles. The predicted octanol–water partition coefficient (Wildman–Crippen LogP) is -4.16. The molecule has 0 spiro atoms. The second kappa shape index (κ2) is 11.8. The lowest BCUT2D eigenvalue weighted by atomic mass is 9.95. The summed E-state index contributed by atoms with van der Waals surface area (Å²) in [6, 6.07) is 0.909. The number of phosphoric acid groups is 2. The Hall–Kier alpha value is -2.07. The smallest absolute Gasteiger partial charge is 0.393 e. The van der Waals surface area contributed by atoms with Gasteiger partial charge in [-0.3, -0.25) is 23.4 Å². The SMILES string of the molecule is [N-]=[N+]=N[C@]1(CO)O[C@@H](OP(=O)(O)OP(=O)(O)OC[C@H]2O[C@@H](n3ccc(=O)[nH]c3=O)[C@H](O)[C@@H]2O)[C@H](O)[C@@H](O)[C@H]1O. The van der Waals surface area contributed by atoms with Gasteiger partial charge in [0.15, 0.2) is 12.5 Å². The van der Waals surface area contributed by atoms with E-state index in [-0.39, 0.29) is 0 Å². The Balaban J connectivity index is 1.66. The largest absolute Gasteiger partial charge is 0.483 e. The molecule has 1 aromatic rings. The third kappa shape index (κ3) is 6.81. The lowest BCUT2D eigenvalue weighted by Gasteiger charge is -2.44. The van der Waals surface area contributed by atoms with E-state index < -0.39 is 95.0 Å². The normalized spacial score (nSPS) is 37.9. The summed E-state index contributed by atoms with van der Waals surface area (Å²) in [6.45, 7) is -2.40. The molecular formula is C15H23N5O17P2. The fourth-order valence-electron chi connectivity index (χ4n) is 3.56. The molecule has 0 aromatic carbocycles. The van der Waals surface area contributed by atoms with E-state index in [4.69, 9.17) is 15.0 Å². The topological polar surface area (TPSA) is 346 Å². The van der Waals surface area contributed by atoms with Crippen LogP contribution in [-0.4, -0.2) is 112 Å². The van der Waals surface area contributed by atoms with Crippen molar-refractivity contribution in [2.24, 2.45) is 5.11 Å². The first-order chi connectivity index (χ1) is 18.1. The molecule has 0 bridgehead atoms. The van der Waals surface area contributed by atoms with Crippen LogP contribution in [-0.2, 0) is 32.0 Å². The van der Waals surface area contributed by atoms with Crippen LogP contribution in [0.15, 0.2) is 27.0 Å². The predicted molar refractivity (Wildman–Crippen MR) is 117 cm³/mol. The maximum absolute atomic E-state index is 12.3. The third-order valence-corrected chi connectivity index (χ3v) is 8.08. The van der Waals surface area contributed by atoms with Gasteiger partial charge in [0.2, 0.25) is 5.72 Å². The Morgan fingerprint density at radius 2 is 1.77 bits per heavy atom. The highest BCUT2D eigenvalue weighted by atomic mass is 31.3. The van der Waals surface area contributed by atoms with Crippen LogP contribution in [0.5, 0.6) is 0 Å². The number of azide groups is 1. The zero-order valence-electron chi connectivity index (χ0n) is 19.1. The van der Waals surface area contributed by atoms with E-state index in [0.29, 0.717) is 4.57 Å². The lowest BCUT2D eigenvalue weighted by molar-refractivity contribution is -0.319. The van der Waals surface area contributed by atoms with Crippen LogP contribution >= 0.6 is 15.6 Å². The summed E-state index contributed by atoms with van der Waals surface area (Å²) in [4.78, 5) is 47.0. The minimum Gasteiger partial charge on any atom is -0.393 e. The van der Waals surface area contributed by atoms with Crippen molar-refractivity contribution in [1.29, 1.82) is 0 Å². The van der Waals surface area contributed by atoms with Crippen LogP contribution in [0.25, 0.3) is 10.4 Å². The summed E-state index contributed by atoms with van der Waals surface area (Å²) in [5, 5.41) is 62.6. The van der Waals surface area contributed by atoms with Gasteiger partial charge < -0.3 is 49.9 Å². The second-order valence-electron chi connectivity index (χ2n) is 8.09. The number of hydrogen-bond donors (Lipinski definition) is 9. The van der Waals surface area contributed by atoms with Crippen LogP contribution in [0.2, 0.25) is 0 Å². The van der Waals surface area contributed by atoms with E-state index in [9.17, 15) is 59.1 Å². The molecular weight excluding hydrogens is 584 g/mol. The van der Waals surface area contributed by atoms with Crippen LogP contribution in [0.3, 0.4) is 0 Å². The molecule has 2 aliphatic heterocycles. The van der Waals surface area contributed by atoms with Gasteiger partial charge in [0, 0.05) is 17.2 Å². The highest BCUT2D eigenvalue weighted by Gasteiger charge is 2.56. The lowest BCUT2D eigenvalue weighted by Crippen LogP contribution is -2.65. The van der Waals surface area contributed by atoms with Crippen molar-refractivity contribution < 1.29 is 72.4 Å². The number of ether oxygens (including phenoxy) is 2. The zero-order valence-corrected chi connectivity index (χ0v) is 20.9. The molecule has 22 nitrogen and oxygen atoms in total. The van der Waals surface area contributed by atoms with Gasteiger partial charge in [-0.05, 0) is 5.53 Å². The highest BCUT2D eigenvalue weighted by Crippen LogP contribution is 2.61. The summed E-state index contributed by atoms with van der Waals surface area (Å²) in [6.07, 6.45) is -15.3. The molecule has 2 unspecified atom stereocenters. The first-order valence-corrected chi connectivity index (χ1v) is 13.5. The molecule has 2 saturated heterocycles. The Labute approximate surface area is 215 Å². The Kier molecular flexibility index (Phi) is 9.52. The van der Waals surface area contributed by atoms with Crippen LogP contribution in [0.4, 0.5) is 0 Å². The van der Waals surface area contributed by atoms with E-state index in [1.54, 1.807) is 0 Å². The van der Waals surface area contributed by atoms with Gasteiger partial charge >= 0.3 is 21.3 Å². The van der Waals surface area contributed by atoms with Crippen molar-refractivity contribution in [3.8, 4) is 0 Å². The van der Waals surface area contributed by atoms with Crippen molar-refractivity contribution in [2.75, 3.05) is 13.2 Å². The molecule has 2 aliphatic rings. The Morgan fingerprint density at radius 3 is 2.36 bits per heavy atom. The monoisotopic (exact) mass is 607 g/mol. The van der Waals surface area contributed by atoms with E-state index in [2.05, 4.69) is 23.4 Å². The van der Waals surface area contributed by atoms with Crippen molar-refractivity contribution in [3.63, 3.8) is 0 Å². The van der Waals surface area contributed by atoms with E-state index in [1.165, 1.54) is 0 Å². The van der Waals surface area contributed by atoms with Gasteiger partial charge in [-0.25, -0.2) is 13.9 Å². The maximum Gasteiger partial charge on any atom is 0.483 e. The number of aromatic amines is 1. The molecule has 2 fully saturated rings. The van der Waals surface area contributed by atoms with Crippen molar-refractivity contribution in [2.45, 2.75) is 54.9 Å². The molecule has 3 rings (SSSR count). The molecule has 0 amide bonds. The van der Waals surface area contributed by atoms with Crippen LogP contribution < -0.4 is 11.2 Å². The molecule has 1 aromatic heterocycles. The number of nitrogens with zero attached hydrogens (tertiary/aromatic N) is 4.